The Bertz CT molecular complexity index is 2700. The summed E-state index contributed by atoms with van der Waals surface area (Å²) in [4.78, 5) is 15.7. The molecule has 0 aliphatic rings. The Labute approximate surface area is 316 Å². The molecular weight excluding hydrogens is 655 g/mol. The Kier molecular flexibility index (Phi) is 8.94. The Morgan fingerprint density at radius 2 is 0.481 bits per heavy atom. The molecule has 8 aromatic carbocycles. The molecule has 0 radical (unpaired) electrons. The maximum atomic E-state index is 5.25. The molecule has 54 heavy (non-hydrogen) atoms. The molecule has 1 heterocycles. The third kappa shape index (κ3) is 6.74. The van der Waals surface area contributed by atoms with Crippen molar-refractivity contribution >= 4 is 0 Å². The quantitative estimate of drug-likeness (QED) is 0.159. The van der Waals surface area contributed by atoms with E-state index >= 15 is 0 Å². The van der Waals surface area contributed by atoms with E-state index in [0.717, 1.165) is 61.2 Å². The zero-order valence-corrected chi connectivity index (χ0v) is 29.5. The number of aromatic nitrogens is 3. The van der Waals surface area contributed by atoms with Gasteiger partial charge in [-0.3, -0.25) is 0 Å². The first-order chi connectivity index (χ1) is 26.8. The molecule has 0 saturated heterocycles. The molecule has 9 aromatic rings. The number of rotatable bonds is 8. The van der Waals surface area contributed by atoms with E-state index in [-0.39, 0.29) is 0 Å². The topological polar surface area (TPSA) is 38.7 Å². The van der Waals surface area contributed by atoms with Crippen LogP contribution in [0.2, 0.25) is 0 Å². The lowest BCUT2D eigenvalue weighted by Gasteiger charge is -2.15. The lowest BCUT2D eigenvalue weighted by atomic mass is 9.91. The molecule has 3 nitrogen and oxygen atoms in total. The van der Waals surface area contributed by atoms with Crippen molar-refractivity contribution in [3.63, 3.8) is 0 Å². The predicted molar refractivity (Wildman–Crippen MR) is 223 cm³/mol. The molecule has 0 aliphatic heterocycles. The maximum absolute atomic E-state index is 5.25. The van der Waals surface area contributed by atoms with Gasteiger partial charge in [-0.25, -0.2) is 15.0 Å². The zero-order valence-electron chi connectivity index (χ0n) is 29.5. The average molecular weight is 690 g/mol. The van der Waals surface area contributed by atoms with Gasteiger partial charge in [0.25, 0.3) is 0 Å². The van der Waals surface area contributed by atoms with E-state index in [1.165, 1.54) is 11.1 Å². The van der Waals surface area contributed by atoms with E-state index < -0.39 is 0 Å². The molecule has 9 rings (SSSR count). The highest BCUT2D eigenvalue weighted by Gasteiger charge is 2.18. The van der Waals surface area contributed by atoms with Crippen LogP contribution in [-0.4, -0.2) is 15.0 Å². The van der Waals surface area contributed by atoms with E-state index in [9.17, 15) is 0 Å². The lowest BCUT2D eigenvalue weighted by molar-refractivity contribution is 1.07. The second-order valence-corrected chi connectivity index (χ2v) is 13.2. The summed E-state index contributed by atoms with van der Waals surface area (Å²) in [6.07, 6.45) is 0. The van der Waals surface area contributed by atoms with Crippen LogP contribution in [0.3, 0.4) is 0 Å². The molecule has 3 heteroatoms. The van der Waals surface area contributed by atoms with Crippen LogP contribution in [0.5, 0.6) is 0 Å². The average Bonchev–Trinajstić information content (AvgIpc) is 3.27. The molecule has 1 aromatic heterocycles. The lowest BCUT2D eigenvalue weighted by Crippen LogP contribution is -2.01. The van der Waals surface area contributed by atoms with Gasteiger partial charge >= 0.3 is 0 Å². The van der Waals surface area contributed by atoms with Crippen molar-refractivity contribution in [1.29, 1.82) is 0 Å². The molecule has 0 amide bonds. The van der Waals surface area contributed by atoms with Crippen molar-refractivity contribution in [3.8, 4) is 89.8 Å². The fourth-order valence-electron chi connectivity index (χ4n) is 7.07. The minimum Gasteiger partial charge on any atom is -0.208 e. The summed E-state index contributed by atoms with van der Waals surface area (Å²) >= 11 is 0. The highest BCUT2D eigenvalue weighted by molar-refractivity contribution is 5.91. The molecule has 0 fully saturated rings. The van der Waals surface area contributed by atoms with Gasteiger partial charge in [-0.1, -0.05) is 194 Å². The van der Waals surface area contributed by atoms with Crippen LogP contribution in [0.4, 0.5) is 0 Å². The van der Waals surface area contributed by atoms with Crippen molar-refractivity contribution in [1.82, 2.24) is 15.0 Å². The molecule has 254 valence electrons. The normalized spacial score (nSPS) is 11.0. The summed E-state index contributed by atoms with van der Waals surface area (Å²) < 4.78 is 0. The fourth-order valence-corrected chi connectivity index (χ4v) is 7.07. The van der Waals surface area contributed by atoms with Crippen LogP contribution in [0.25, 0.3) is 89.8 Å². The summed E-state index contributed by atoms with van der Waals surface area (Å²) in [6, 6.07) is 74.0. The number of nitrogens with zero attached hydrogens (tertiary/aromatic N) is 3. The Morgan fingerprint density at radius 1 is 0.185 bits per heavy atom. The van der Waals surface area contributed by atoms with E-state index in [2.05, 4.69) is 200 Å². The van der Waals surface area contributed by atoms with Crippen molar-refractivity contribution in [2.24, 2.45) is 0 Å². The van der Waals surface area contributed by atoms with E-state index in [1.807, 2.05) is 12.1 Å². The van der Waals surface area contributed by atoms with Gasteiger partial charge < -0.3 is 0 Å². The SMILES string of the molecule is c1ccc(-c2cccc(-c3cccc(-c4nc(-c5cccc(-c6ccccc6)c5)nc(-c5ccccc5-c5ccccc5-c5ccccc5)n4)c3)c2)cc1. The smallest absolute Gasteiger partial charge is 0.164 e. The van der Waals surface area contributed by atoms with E-state index in [1.54, 1.807) is 0 Å². The summed E-state index contributed by atoms with van der Waals surface area (Å²) in [5.74, 6) is 1.86. The van der Waals surface area contributed by atoms with Crippen LogP contribution in [0, 0.1) is 0 Å². The Morgan fingerprint density at radius 3 is 0.963 bits per heavy atom. The van der Waals surface area contributed by atoms with Gasteiger partial charge in [-0.05, 0) is 73.8 Å². The van der Waals surface area contributed by atoms with Crippen LogP contribution in [0.15, 0.2) is 212 Å². The molecular formula is C51H35N3. The van der Waals surface area contributed by atoms with Gasteiger partial charge in [0.2, 0.25) is 0 Å². The van der Waals surface area contributed by atoms with Gasteiger partial charge in [0, 0.05) is 16.7 Å². The monoisotopic (exact) mass is 689 g/mol. The predicted octanol–water partition coefficient (Wildman–Crippen LogP) is 13.2. The first kappa shape index (κ1) is 32.7. The van der Waals surface area contributed by atoms with Crippen LogP contribution in [-0.2, 0) is 0 Å². The third-order valence-corrected chi connectivity index (χ3v) is 9.76. The highest BCUT2D eigenvalue weighted by Crippen LogP contribution is 2.38. The first-order valence-electron chi connectivity index (χ1n) is 18.2. The standard InChI is InChI=1S/C51H35N3/c1-4-17-36(18-5-1)39-23-14-25-41(33-39)42-26-16-28-44(35-42)50-52-49(43-27-15-24-40(34-43)37-19-6-2-7-20-37)53-51(54-50)48-32-13-12-31-47(48)46-30-11-10-29-45(46)38-21-8-3-9-22-38/h1-35H. The molecule has 0 aliphatic carbocycles. The molecule has 0 saturated carbocycles. The minimum atomic E-state index is 0.618. The maximum Gasteiger partial charge on any atom is 0.164 e. The number of hydrogen-bond acceptors (Lipinski definition) is 3. The summed E-state index contributed by atoms with van der Waals surface area (Å²) in [6.45, 7) is 0. The van der Waals surface area contributed by atoms with Crippen LogP contribution >= 0.6 is 0 Å². The Balaban J connectivity index is 1.21. The van der Waals surface area contributed by atoms with Crippen molar-refractivity contribution in [3.05, 3.63) is 212 Å². The second-order valence-electron chi connectivity index (χ2n) is 13.2. The largest absolute Gasteiger partial charge is 0.208 e. The highest BCUT2D eigenvalue weighted by atomic mass is 15.0. The number of benzene rings is 8. The zero-order chi connectivity index (χ0) is 36.1. The van der Waals surface area contributed by atoms with Gasteiger partial charge in [0.15, 0.2) is 17.5 Å². The van der Waals surface area contributed by atoms with Gasteiger partial charge in [0.05, 0.1) is 0 Å². The molecule has 0 unspecified atom stereocenters. The fraction of sp³-hybridized carbons (Fsp3) is 0. The van der Waals surface area contributed by atoms with Crippen molar-refractivity contribution in [2.45, 2.75) is 0 Å². The summed E-state index contributed by atoms with van der Waals surface area (Å²) in [7, 11) is 0. The number of hydrogen-bond donors (Lipinski definition) is 0. The van der Waals surface area contributed by atoms with Gasteiger partial charge in [-0.15, -0.1) is 0 Å². The van der Waals surface area contributed by atoms with Crippen molar-refractivity contribution < 1.29 is 0 Å². The molecule has 0 bridgehead atoms. The van der Waals surface area contributed by atoms with E-state index in [0.29, 0.717) is 17.5 Å². The molecule has 0 N–H and O–H groups in total. The van der Waals surface area contributed by atoms with Crippen molar-refractivity contribution in [2.75, 3.05) is 0 Å². The van der Waals surface area contributed by atoms with Gasteiger partial charge in [-0.2, -0.15) is 0 Å². The summed E-state index contributed by atoms with van der Waals surface area (Å²) in [5.41, 5.74) is 14.1. The second kappa shape index (κ2) is 14.8. The van der Waals surface area contributed by atoms with Gasteiger partial charge in [0.1, 0.15) is 0 Å². The molecule has 0 spiro atoms. The summed E-state index contributed by atoms with van der Waals surface area (Å²) in [5, 5.41) is 0. The molecule has 0 atom stereocenters. The van der Waals surface area contributed by atoms with Crippen LogP contribution < -0.4 is 0 Å². The van der Waals surface area contributed by atoms with E-state index in [4.69, 9.17) is 15.0 Å². The first-order valence-corrected chi connectivity index (χ1v) is 18.2. The minimum absolute atomic E-state index is 0.618. The third-order valence-electron chi connectivity index (χ3n) is 9.76. The van der Waals surface area contributed by atoms with Crippen LogP contribution in [0.1, 0.15) is 0 Å². The Hall–Kier alpha value is -7.23.